The third-order valence-electron chi connectivity index (χ3n) is 2.37. The van der Waals surface area contributed by atoms with Crippen LogP contribution < -0.4 is 0 Å². The molecule has 1 aliphatic heterocycles. The van der Waals surface area contributed by atoms with Crippen molar-refractivity contribution in [1.29, 1.82) is 0 Å². The summed E-state index contributed by atoms with van der Waals surface area (Å²) in [6.07, 6.45) is 0. The molecule has 0 unspecified atom stereocenters. The SMILES string of the molecule is CC1=NN(C)C(=O)C1=NOC(=O)c1ccccc1. The van der Waals surface area contributed by atoms with Crippen LogP contribution in [0.5, 0.6) is 0 Å². The Morgan fingerprint density at radius 1 is 1.33 bits per heavy atom. The first-order chi connectivity index (χ1) is 8.59. The van der Waals surface area contributed by atoms with Crippen LogP contribution in [0.3, 0.4) is 0 Å². The average molecular weight is 245 g/mol. The van der Waals surface area contributed by atoms with Gasteiger partial charge in [-0.1, -0.05) is 23.4 Å². The lowest BCUT2D eigenvalue weighted by atomic mass is 10.2. The summed E-state index contributed by atoms with van der Waals surface area (Å²) in [4.78, 5) is 27.9. The van der Waals surface area contributed by atoms with E-state index in [1.165, 1.54) is 7.05 Å². The highest BCUT2D eigenvalue weighted by molar-refractivity contribution is 6.68. The number of carbonyl (C=O) groups excluding carboxylic acids is 2. The first-order valence-electron chi connectivity index (χ1n) is 5.27. The summed E-state index contributed by atoms with van der Waals surface area (Å²) in [6.45, 7) is 1.62. The van der Waals surface area contributed by atoms with E-state index in [9.17, 15) is 9.59 Å². The molecule has 0 aromatic heterocycles. The van der Waals surface area contributed by atoms with Crippen LogP contribution in [0.25, 0.3) is 0 Å². The zero-order chi connectivity index (χ0) is 13.1. The van der Waals surface area contributed by atoms with E-state index in [1.54, 1.807) is 37.3 Å². The predicted molar refractivity (Wildman–Crippen MR) is 65.2 cm³/mol. The smallest absolute Gasteiger partial charge is 0.312 e. The third kappa shape index (κ3) is 2.27. The van der Waals surface area contributed by atoms with Crippen molar-refractivity contribution in [1.82, 2.24) is 5.01 Å². The van der Waals surface area contributed by atoms with Crippen molar-refractivity contribution in [3.63, 3.8) is 0 Å². The highest BCUT2D eigenvalue weighted by Gasteiger charge is 2.27. The Bertz CT molecular complexity index is 549. The second-order valence-electron chi connectivity index (χ2n) is 3.70. The molecular weight excluding hydrogens is 234 g/mol. The molecule has 0 N–H and O–H groups in total. The summed E-state index contributed by atoms with van der Waals surface area (Å²) < 4.78 is 0. The number of carbonyl (C=O) groups is 2. The van der Waals surface area contributed by atoms with Gasteiger partial charge in [0.15, 0.2) is 5.71 Å². The summed E-state index contributed by atoms with van der Waals surface area (Å²) in [5.41, 5.74) is 0.834. The van der Waals surface area contributed by atoms with Gasteiger partial charge in [-0.05, 0) is 19.1 Å². The lowest BCUT2D eigenvalue weighted by Crippen LogP contribution is -2.24. The number of oxime groups is 1. The van der Waals surface area contributed by atoms with Crippen LogP contribution >= 0.6 is 0 Å². The highest BCUT2D eigenvalue weighted by Crippen LogP contribution is 2.06. The van der Waals surface area contributed by atoms with Gasteiger partial charge in [-0.15, -0.1) is 0 Å². The number of rotatable bonds is 2. The summed E-state index contributed by atoms with van der Waals surface area (Å²) in [7, 11) is 1.51. The van der Waals surface area contributed by atoms with Crippen molar-refractivity contribution >= 4 is 23.3 Å². The van der Waals surface area contributed by atoms with E-state index >= 15 is 0 Å². The largest absolute Gasteiger partial charge is 0.365 e. The molecule has 0 saturated heterocycles. The first kappa shape index (κ1) is 12.0. The third-order valence-corrected chi connectivity index (χ3v) is 2.37. The normalized spacial score (nSPS) is 17.0. The fourth-order valence-corrected chi connectivity index (χ4v) is 1.44. The maximum absolute atomic E-state index is 11.6. The summed E-state index contributed by atoms with van der Waals surface area (Å²) in [5.74, 6) is -1.01. The Kier molecular flexibility index (Phi) is 3.18. The minimum atomic E-state index is -0.613. The lowest BCUT2D eigenvalue weighted by Gasteiger charge is -2.01. The molecule has 6 nitrogen and oxygen atoms in total. The molecule has 2 rings (SSSR count). The van der Waals surface area contributed by atoms with Gasteiger partial charge < -0.3 is 4.84 Å². The van der Waals surface area contributed by atoms with Crippen molar-refractivity contribution in [3.8, 4) is 0 Å². The molecule has 0 atom stereocenters. The van der Waals surface area contributed by atoms with Crippen LogP contribution in [0.15, 0.2) is 40.6 Å². The van der Waals surface area contributed by atoms with Crippen LogP contribution in [0.2, 0.25) is 0 Å². The predicted octanol–water partition coefficient (Wildman–Crippen LogP) is 1.05. The van der Waals surface area contributed by atoms with Crippen molar-refractivity contribution in [2.45, 2.75) is 6.92 Å². The molecule has 0 saturated carbocycles. The molecule has 92 valence electrons. The standard InChI is InChI=1S/C12H11N3O3/c1-8-10(11(16)15(2)13-8)14-18-12(17)9-6-4-3-5-7-9/h3-7H,1-2H3. The number of hydrogen-bond donors (Lipinski definition) is 0. The zero-order valence-electron chi connectivity index (χ0n) is 9.95. The van der Waals surface area contributed by atoms with Gasteiger partial charge in [0, 0.05) is 7.05 Å². The first-order valence-corrected chi connectivity index (χ1v) is 5.27. The van der Waals surface area contributed by atoms with E-state index < -0.39 is 11.9 Å². The topological polar surface area (TPSA) is 71.3 Å². The van der Waals surface area contributed by atoms with Gasteiger partial charge in [0.05, 0.1) is 11.3 Å². The van der Waals surface area contributed by atoms with E-state index in [1.807, 2.05) is 0 Å². The maximum Gasteiger partial charge on any atom is 0.365 e. The Balaban J connectivity index is 2.11. The monoisotopic (exact) mass is 245 g/mol. The number of nitrogens with zero attached hydrogens (tertiary/aromatic N) is 3. The molecule has 0 fully saturated rings. The van der Waals surface area contributed by atoms with Crippen LogP contribution in [0.4, 0.5) is 0 Å². The average Bonchev–Trinajstić information content (AvgIpc) is 2.62. The van der Waals surface area contributed by atoms with Gasteiger partial charge in [0.25, 0.3) is 5.91 Å². The molecule has 1 amide bonds. The Hall–Kier alpha value is -2.50. The Morgan fingerprint density at radius 3 is 2.56 bits per heavy atom. The van der Waals surface area contributed by atoms with E-state index in [0.717, 1.165) is 5.01 Å². The van der Waals surface area contributed by atoms with Crippen LogP contribution in [-0.4, -0.2) is 35.4 Å². The number of hydrazone groups is 1. The van der Waals surface area contributed by atoms with Gasteiger partial charge in [0.2, 0.25) is 0 Å². The highest BCUT2D eigenvalue weighted by atomic mass is 16.7. The number of hydrogen-bond acceptors (Lipinski definition) is 5. The molecule has 0 aliphatic carbocycles. The molecular formula is C12H11N3O3. The molecule has 6 heteroatoms. The molecule has 1 aromatic carbocycles. The molecule has 0 spiro atoms. The quantitative estimate of drug-likeness (QED) is 0.577. The molecule has 1 heterocycles. The van der Waals surface area contributed by atoms with E-state index in [0.29, 0.717) is 11.3 Å². The van der Waals surface area contributed by atoms with E-state index in [-0.39, 0.29) is 5.71 Å². The molecule has 0 radical (unpaired) electrons. The summed E-state index contributed by atoms with van der Waals surface area (Å²) in [5, 5.41) is 8.58. The minimum absolute atomic E-state index is 0.0433. The molecule has 18 heavy (non-hydrogen) atoms. The number of amides is 1. The minimum Gasteiger partial charge on any atom is -0.312 e. The maximum atomic E-state index is 11.6. The van der Waals surface area contributed by atoms with Gasteiger partial charge in [-0.3, -0.25) is 4.79 Å². The van der Waals surface area contributed by atoms with Crippen molar-refractivity contribution in [3.05, 3.63) is 35.9 Å². The lowest BCUT2D eigenvalue weighted by molar-refractivity contribution is -0.122. The summed E-state index contributed by atoms with van der Waals surface area (Å²) in [6, 6.07) is 8.42. The Labute approximate surface area is 104 Å². The van der Waals surface area contributed by atoms with Crippen LogP contribution in [-0.2, 0) is 9.63 Å². The van der Waals surface area contributed by atoms with Crippen molar-refractivity contribution in [2.24, 2.45) is 10.3 Å². The van der Waals surface area contributed by atoms with Gasteiger partial charge in [-0.25, -0.2) is 9.80 Å². The van der Waals surface area contributed by atoms with E-state index in [2.05, 4.69) is 10.3 Å². The number of benzene rings is 1. The molecule has 1 aliphatic rings. The second-order valence-corrected chi connectivity index (χ2v) is 3.70. The second kappa shape index (κ2) is 4.79. The van der Waals surface area contributed by atoms with Crippen LogP contribution in [0, 0.1) is 0 Å². The fraction of sp³-hybridized carbons (Fsp3) is 0.167. The zero-order valence-corrected chi connectivity index (χ0v) is 9.95. The van der Waals surface area contributed by atoms with Gasteiger partial charge in [-0.2, -0.15) is 5.10 Å². The molecule has 1 aromatic rings. The van der Waals surface area contributed by atoms with Crippen molar-refractivity contribution in [2.75, 3.05) is 7.05 Å². The van der Waals surface area contributed by atoms with Gasteiger partial charge >= 0.3 is 5.97 Å². The fourth-order valence-electron chi connectivity index (χ4n) is 1.44. The van der Waals surface area contributed by atoms with Gasteiger partial charge in [0.1, 0.15) is 0 Å². The van der Waals surface area contributed by atoms with E-state index in [4.69, 9.17) is 4.84 Å². The summed E-state index contributed by atoms with van der Waals surface area (Å²) >= 11 is 0. The molecule has 0 bridgehead atoms. The van der Waals surface area contributed by atoms with Crippen molar-refractivity contribution < 1.29 is 14.4 Å². The van der Waals surface area contributed by atoms with Crippen LogP contribution in [0.1, 0.15) is 17.3 Å². The Morgan fingerprint density at radius 2 is 2.00 bits per heavy atom.